The predicted octanol–water partition coefficient (Wildman–Crippen LogP) is 7.91. The number of aromatic nitrogens is 1. The number of hydrogen-bond donors (Lipinski definition) is 0. The molecule has 0 bridgehead atoms. The van der Waals surface area contributed by atoms with Crippen molar-refractivity contribution in [2.24, 2.45) is 11.3 Å². The number of nitriles is 1. The highest BCUT2D eigenvalue weighted by Crippen LogP contribution is 2.44. The zero-order chi connectivity index (χ0) is 27.4. The molecule has 0 aliphatic heterocycles. The Morgan fingerprint density at radius 1 is 1.11 bits per heavy atom. The molecule has 1 unspecified atom stereocenters. The standard InChI is InChI=1S/C27H21ClF4N2O3/c1-16(2)26(3,25(35)36-15-33)21(13-17-7-8-18(14-22(17)28)27(30,31)32)23-5-4-6-24(34-23)37-20-11-9-19(29)10-12-20/h4-14,16H,1-3H3. The van der Waals surface area contributed by atoms with E-state index in [0.29, 0.717) is 5.75 Å². The number of nitrogens with zero attached hydrogens (tertiary/aromatic N) is 2. The van der Waals surface area contributed by atoms with Crippen molar-refractivity contribution in [1.29, 1.82) is 5.26 Å². The number of carbonyl (C=O) groups is 1. The molecule has 0 aliphatic rings. The Morgan fingerprint density at radius 3 is 2.35 bits per heavy atom. The second kappa shape index (κ2) is 11.0. The summed E-state index contributed by atoms with van der Waals surface area (Å²) in [5.74, 6) is -1.37. The third-order valence-electron chi connectivity index (χ3n) is 5.94. The summed E-state index contributed by atoms with van der Waals surface area (Å²) in [4.78, 5) is 17.5. The number of rotatable bonds is 7. The van der Waals surface area contributed by atoms with Crippen LogP contribution in [-0.2, 0) is 15.7 Å². The molecule has 3 aromatic rings. The van der Waals surface area contributed by atoms with Gasteiger partial charge in [-0.15, -0.1) is 5.26 Å². The van der Waals surface area contributed by atoms with Crippen molar-refractivity contribution < 1.29 is 31.8 Å². The van der Waals surface area contributed by atoms with Crippen LogP contribution >= 0.6 is 11.6 Å². The molecule has 0 fully saturated rings. The number of halogens is 5. The van der Waals surface area contributed by atoms with Gasteiger partial charge in [-0.1, -0.05) is 37.6 Å². The Bertz CT molecular complexity index is 1370. The Labute approximate surface area is 215 Å². The molecule has 0 spiro atoms. The first-order chi connectivity index (χ1) is 17.4. The van der Waals surface area contributed by atoms with Gasteiger partial charge >= 0.3 is 12.1 Å². The van der Waals surface area contributed by atoms with Gasteiger partial charge in [-0.3, -0.25) is 0 Å². The van der Waals surface area contributed by atoms with Crippen LogP contribution in [0.4, 0.5) is 17.6 Å². The maximum Gasteiger partial charge on any atom is 0.416 e. The van der Waals surface area contributed by atoms with E-state index in [1.807, 2.05) is 0 Å². The molecule has 3 rings (SSSR count). The van der Waals surface area contributed by atoms with Crippen LogP contribution in [0.3, 0.4) is 0 Å². The van der Waals surface area contributed by atoms with Crippen LogP contribution in [0.25, 0.3) is 11.6 Å². The van der Waals surface area contributed by atoms with Gasteiger partial charge < -0.3 is 9.47 Å². The molecule has 1 atom stereocenters. The summed E-state index contributed by atoms with van der Waals surface area (Å²) < 4.78 is 63.1. The average molecular weight is 533 g/mol. The van der Waals surface area contributed by atoms with Crippen molar-refractivity contribution in [2.75, 3.05) is 0 Å². The zero-order valence-electron chi connectivity index (χ0n) is 19.9. The minimum atomic E-state index is -4.59. The van der Waals surface area contributed by atoms with Crippen LogP contribution in [0, 0.1) is 28.7 Å². The first kappa shape index (κ1) is 27.7. The molecule has 2 aromatic carbocycles. The second-order valence-electron chi connectivity index (χ2n) is 8.55. The van der Waals surface area contributed by atoms with Crippen LogP contribution in [0.1, 0.15) is 37.6 Å². The zero-order valence-corrected chi connectivity index (χ0v) is 20.7. The summed E-state index contributed by atoms with van der Waals surface area (Å²) in [5, 5.41) is 8.80. The first-order valence-corrected chi connectivity index (χ1v) is 11.3. The smallest absolute Gasteiger partial charge is 0.416 e. The maximum atomic E-state index is 13.3. The first-order valence-electron chi connectivity index (χ1n) is 11.0. The van der Waals surface area contributed by atoms with Gasteiger partial charge in [0.1, 0.15) is 11.6 Å². The third-order valence-corrected chi connectivity index (χ3v) is 6.27. The van der Waals surface area contributed by atoms with Crippen molar-refractivity contribution >= 4 is 29.2 Å². The van der Waals surface area contributed by atoms with Gasteiger partial charge in [0, 0.05) is 11.1 Å². The number of carbonyl (C=O) groups excluding carboxylic acids is 1. The van der Waals surface area contributed by atoms with Crippen LogP contribution in [0.2, 0.25) is 5.02 Å². The molecular formula is C27H21ClF4N2O3. The lowest BCUT2D eigenvalue weighted by Gasteiger charge is -2.32. The molecule has 0 N–H and O–H groups in total. The quantitative estimate of drug-likeness (QED) is 0.176. The van der Waals surface area contributed by atoms with Gasteiger partial charge in [-0.05, 0) is 72.5 Å². The molecule has 37 heavy (non-hydrogen) atoms. The van der Waals surface area contributed by atoms with E-state index in [9.17, 15) is 22.4 Å². The monoisotopic (exact) mass is 532 g/mol. The molecule has 5 nitrogen and oxygen atoms in total. The highest BCUT2D eigenvalue weighted by Gasteiger charge is 2.43. The average Bonchev–Trinajstić information content (AvgIpc) is 2.84. The van der Waals surface area contributed by atoms with Gasteiger partial charge in [-0.2, -0.15) is 13.2 Å². The van der Waals surface area contributed by atoms with Gasteiger partial charge in [0.15, 0.2) is 0 Å². The highest BCUT2D eigenvalue weighted by molar-refractivity contribution is 6.32. The fourth-order valence-electron chi connectivity index (χ4n) is 3.52. The van der Waals surface area contributed by atoms with Crippen LogP contribution < -0.4 is 4.74 Å². The Morgan fingerprint density at radius 2 is 1.78 bits per heavy atom. The van der Waals surface area contributed by atoms with E-state index in [-0.39, 0.29) is 27.7 Å². The van der Waals surface area contributed by atoms with E-state index < -0.39 is 34.9 Å². The fraction of sp³-hybridized carbons (Fsp3) is 0.222. The molecule has 1 heterocycles. The Balaban J connectivity index is 2.19. The summed E-state index contributed by atoms with van der Waals surface area (Å²) in [7, 11) is 0. The lowest BCUT2D eigenvalue weighted by molar-refractivity contribution is -0.146. The summed E-state index contributed by atoms with van der Waals surface area (Å²) in [6, 6.07) is 12.8. The van der Waals surface area contributed by atoms with Crippen molar-refractivity contribution in [1.82, 2.24) is 4.98 Å². The Hall–Kier alpha value is -3.90. The molecule has 0 saturated carbocycles. The van der Waals surface area contributed by atoms with E-state index >= 15 is 0 Å². The molecule has 0 aliphatic carbocycles. The topological polar surface area (TPSA) is 72.2 Å². The summed E-state index contributed by atoms with van der Waals surface area (Å²) >= 11 is 6.20. The normalized spacial score (nSPS) is 13.6. The third kappa shape index (κ3) is 6.27. The number of pyridine rings is 1. The molecule has 1 aromatic heterocycles. The SMILES string of the molecule is CC(C)C(C)(C(=O)OC#N)C(=Cc1ccc(C(F)(F)F)cc1Cl)c1cccc(Oc2ccc(F)cc2)n1. The lowest BCUT2D eigenvalue weighted by atomic mass is 9.71. The summed E-state index contributed by atoms with van der Waals surface area (Å²) in [6.45, 7) is 4.98. The van der Waals surface area contributed by atoms with Crippen molar-refractivity contribution in [3.8, 4) is 17.9 Å². The molecule has 192 valence electrons. The minimum Gasteiger partial charge on any atom is -0.439 e. The molecule has 10 heteroatoms. The van der Waals surface area contributed by atoms with Gasteiger partial charge in [0.05, 0.1) is 16.7 Å². The second-order valence-corrected chi connectivity index (χ2v) is 8.95. The number of benzene rings is 2. The molecule has 0 amide bonds. The van der Waals surface area contributed by atoms with E-state index in [0.717, 1.165) is 12.1 Å². The number of ether oxygens (including phenoxy) is 2. The maximum absolute atomic E-state index is 13.3. The van der Waals surface area contributed by atoms with E-state index in [1.54, 1.807) is 26.0 Å². The predicted molar refractivity (Wildman–Crippen MR) is 130 cm³/mol. The van der Waals surface area contributed by atoms with Gasteiger partial charge in [0.25, 0.3) is 6.26 Å². The van der Waals surface area contributed by atoms with Crippen LogP contribution in [0.15, 0.2) is 60.7 Å². The van der Waals surface area contributed by atoms with E-state index in [2.05, 4.69) is 9.72 Å². The van der Waals surface area contributed by atoms with Crippen LogP contribution in [0.5, 0.6) is 11.6 Å². The molecule has 0 saturated heterocycles. The number of alkyl halides is 3. The number of hydrogen-bond acceptors (Lipinski definition) is 5. The highest BCUT2D eigenvalue weighted by atomic mass is 35.5. The summed E-state index contributed by atoms with van der Waals surface area (Å²) in [6.07, 6.45) is -1.78. The van der Waals surface area contributed by atoms with E-state index in [1.165, 1.54) is 55.7 Å². The number of esters is 1. The van der Waals surface area contributed by atoms with Crippen molar-refractivity contribution in [3.05, 3.63) is 88.3 Å². The minimum absolute atomic E-state index is 0.105. The van der Waals surface area contributed by atoms with Gasteiger partial charge in [0.2, 0.25) is 5.88 Å². The lowest BCUT2D eigenvalue weighted by Crippen LogP contribution is -2.36. The van der Waals surface area contributed by atoms with Crippen LogP contribution in [-0.4, -0.2) is 11.0 Å². The van der Waals surface area contributed by atoms with Crippen molar-refractivity contribution in [2.45, 2.75) is 26.9 Å². The van der Waals surface area contributed by atoms with Crippen molar-refractivity contribution in [3.63, 3.8) is 0 Å². The molecular weight excluding hydrogens is 512 g/mol. The Kier molecular flexibility index (Phi) is 8.24. The fourth-order valence-corrected chi connectivity index (χ4v) is 3.75. The summed E-state index contributed by atoms with van der Waals surface area (Å²) in [5.41, 5.74) is -1.76. The van der Waals surface area contributed by atoms with Gasteiger partial charge in [-0.25, -0.2) is 14.2 Å². The van der Waals surface area contributed by atoms with E-state index in [4.69, 9.17) is 21.6 Å². The molecule has 0 radical (unpaired) electrons. The largest absolute Gasteiger partial charge is 0.439 e.